The first-order valence-electron chi connectivity index (χ1n) is 15.6. The molecular formula is C33H41N7O6. The number of carbonyl (C=O) groups is 4. The third-order valence-corrected chi connectivity index (χ3v) is 8.32. The molecule has 13 heteroatoms. The summed E-state index contributed by atoms with van der Waals surface area (Å²) in [5.74, 6) is 0.121. The lowest BCUT2D eigenvalue weighted by Crippen LogP contribution is -2.35. The maximum atomic E-state index is 13.1. The molecule has 2 aliphatic rings. The first kappa shape index (κ1) is 32.3. The van der Waals surface area contributed by atoms with Crippen LogP contribution in [0.5, 0.6) is 11.5 Å². The average molecular weight is 632 g/mol. The van der Waals surface area contributed by atoms with Crippen molar-refractivity contribution in [3.8, 4) is 11.5 Å². The van der Waals surface area contributed by atoms with Gasteiger partial charge in [0.1, 0.15) is 11.4 Å². The van der Waals surface area contributed by atoms with Crippen LogP contribution in [0.15, 0.2) is 41.7 Å². The van der Waals surface area contributed by atoms with E-state index in [4.69, 9.17) is 9.47 Å². The number of carbonyl (C=O) groups excluding carboxylic acids is 4. The second-order valence-electron chi connectivity index (χ2n) is 11.4. The predicted molar refractivity (Wildman–Crippen MR) is 175 cm³/mol. The number of aliphatic imine (C=N–C) groups is 1. The Bertz CT molecular complexity index is 1670. The van der Waals surface area contributed by atoms with Crippen LogP contribution < -0.4 is 20.1 Å². The average Bonchev–Trinajstić information content (AvgIpc) is 3.74. The number of nitrogens with one attached hydrogen (secondary N) is 2. The lowest BCUT2D eigenvalue weighted by molar-refractivity contribution is -0.116. The summed E-state index contributed by atoms with van der Waals surface area (Å²) in [5.41, 5.74) is 2.83. The van der Waals surface area contributed by atoms with Gasteiger partial charge >= 0.3 is 0 Å². The molecule has 244 valence electrons. The Balaban J connectivity index is 1.14. The van der Waals surface area contributed by atoms with Crippen LogP contribution in [0.3, 0.4) is 0 Å². The van der Waals surface area contributed by atoms with Crippen LogP contribution in [0, 0.1) is 0 Å². The molecule has 1 unspecified atom stereocenters. The van der Waals surface area contributed by atoms with Crippen LogP contribution in [-0.2, 0) is 18.9 Å². The van der Waals surface area contributed by atoms with Crippen molar-refractivity contribution < 1.29 is 28.7 Å². The first-order valence-corrected chi connectivity index (χ1v) is 15.6. The monoisotopic (exact) mass is 631 g/mol. The van der Waals surface area contributed by atoms with Crippen LogP contribution in [0.4, 0.5) is 17.1 Å². The number of rotatable bonds is 12. The molecule has 1 fully saturated rings. The van der Waals surface area contributed by atoms with Crippen molar-refractivity contribution in [2.75, 3.05) is 44.0 Å². The smallest absolute Gasteiger partial charge is 0.272 e. The Labute approximate surface area is 268 Å². The zero-order valence-electron chi connectivity index (χ0n) is 27.0. The highest BCUT2D eigenvalue weighted by molar-refractivity contribution is 6.06. The molecule has 0 radical (unpaired) electrons. The molecule has 0 aliphatic carbocycles. The molecule has 2 aliphatic heterocycles. The lowest BCUT2D eigenvalue weighted by Gasteiger charge is -2.20. The molecule has 0 spiro atoms. The van der Waals surface area contributed by atoms with Gasteiger partial charge in [0.05, 0.1) is 42.4 Å². The van der Waals surface area contributed by atoms with Crippen molar-refractivity contribution in [1.82, 2.24) is 18.9 Å². The van der Waals surface area contributed by atoms with Crippen molar-refractivity contribution in [1.29, 1.82) is 0 Å². The Hall–Kier alpha value is -5.07. The van der Waals surface area contributed by atoms with E-state index in [1.165, 1.54) is 7.11 Å². The van der Waals surface area contributed by atoms with Gasteiger partial charge in [-0.2, -0.15) is 0 Å². The fraction of sp³-hybridized carbons (Fsp3) is 0.424. The number of fused-ring (bicyclic) bond motifs is 2. The molecule has 1 aromatic carbocycles. The van der Waals surface area contributed by atoms with Gasteiger partial charge in [-0.3, -0.25) is 24.2 Å². The number of hydrogen-bond acceptors (Lipinski definition) is 7. The van der Waals surface area contributed by atoms with Gasteiger partial charge in [0, 0.05) is 64.8 Å². The normalized spacial score (nSPS) is 15.2. The standard InChI is InChI=1S/C33H41N7O6/c1-6-39(7-2)33(44)27-15-22(20-38(27)4)36-31(42)26-14-21(19-37(26)3)35-30(41)11-9-13-46-29-17-25-24(16-28(29)45-5)32(43)40-12-8-10-23(40)18-34-25/h14-20,23H,6-13H2,1-5H3,(H,35,41)(H,36,42). The van der Waals surface area contributed by atoms with E-state index in [9.17, 15) is 19.2 Å². The third kappa shape index (κ3) is 6.77. The van der Waals surface area contributed by atoms with Crippen LogP contribution >= 0.6 is 0 Å². The van der Waals surface area contributed by atoms with Gasteiger partial charge < -0.3 is 39.0 Å². The Morgan fingerprint density at radius 1 is 0.978 bits per heavy atom. The van der Waals surface area contributed by atoms with Gasteiger partial charge in [-0.25, -0.2) is 0 Å². The maximum absolute atomic E-state index is 13.1. The van der Waals surface area contributed by atoms with Gasteiger partial charge in [0.25, 0.3) is 17.7 Å². The molecule has 2 N–H and O–H groups in total. The minimum absolute atomic E-state index is 0.00971. The molecule has 13 nitrogen and oxygen atoms in total. The number of methoxy groups -OCH3 is 1. The van der Waals surface area contributed by atoms with Gasteiger partial charge in [0.2, 0.25) is 5.91 Å². The molecule has 0 saturated carbocycles. The highest BCUT2D eigenvalue weighted by Gasteiger charge is 2.32. The van der Waals surface area contributed by atoms with Crippen molar-refractivity contribution in [3.63, 3.8) is 0 Å². The highest BCUT2D eigenvalue weighted by Crippen LogP contribution is 2.38. The zero-order valence-corrected chi connectivity index (χ0v) is 27.0. The molecule has 4 heterocycles. The molecule has 1 atom stereocenters. The van der Waals surface area contributed by atoms with Crippen molar-refractivity contribution >= 4 is 46.9 Å². The quantitative estimate of drug-likeness (QED) is 0.287. The zero-order chi connectivity index (χ0) is 33.0. The fourth-order valence-electron chi connectivity index (χ4n) is 5.83. The van der Waals surface area contributed by atoms with Crippen LogP contribution in [0.2, 0.25) is 0 Å². The largest absolute Gasteiger partial charge is 0.493 e. The van der Waals surface area contributed by atoms with Crippen LogP contribution in [0.25, 0.3) is 0 Å². The molecule has 2 aromatic heterocycles. The van der Waals surface area contributed by atoms with Crippen molar-refractivity contribution in [2.45, 2.75) is 45.6 Å². The SMILES string of the molecule is CCN(CC)C(=O)c1cc(NC(=O)c2cc(NC(=O)CCCOc3cc4c(cc3OC)C(=O)N3CCCC3C=N4)cn2C)cn1C. The molecule has 5 rings (SSSR count). The van der Waals surface area contributed by atoms with E-state index in [1.807, 2.05) is 25.0 Å². The van der Waals surface area contributed by atoms with E-state index in [2.05, 4.69) is 15.6 Å². The Morgan fingerprint density at radius 3 is 2.39 bits per heavy atom. The fourth-order valence-corrected chi connectivity index (χ4v) is 5.83. The predicted octanol–water partition coefficient (Wildman–Crippen LogP) is 4.22. The molecule has 3 aromatic rings. The highest BCUT2D eigenvalue weighted by atomic mass is 16.5. The number of aromatic nitrogens is 2. The van der Waals surface area contributed by atoms with E-state index in [0.717, 1.165) is 12.8 Å². The summed E-state index contributed by atoms with van der Waals surface area (Å²) in [6, 6.07) is 6.64. The van der Waals surface area contributed by atoms with Crippen LogP contribution in [0.1, 0.15) is 70.9 Å². The number of ether oxygens (including phenoxy) is 2. The number of aryl methyl sites for hydroxylation is 2. The van der Waals surface area contributed by atoms with Gasteiger partial charge in [0.15, 0.2) is 11.5 Å². The Kier molecular flexibility index (Phi) is 9.78. The van der Waals surface area contributed by atoms with Gasteiger partial charge in [-0.05, 0) is 51.3 Å². The van der Waals surface area contributed by atoms with E-state index >= 15 is 0 Å². The molecule has 0 bridgehead atoms. The van der Waals surface area contributed by atoms with Gasteiger partial charge in [-0.1, -0.05) is 0 Å². The Morgan fingerprint density at radius 2 is 1.67 bits per heavy atom. The molecule has 46 heavy (non-hydrogen) atoms. The summed E-state index contributed by atoms with van der Waals surface area (Å²) in [5, 5.41) is 5.67. The summed E-state index contributed by atoms with van der Waals surface area (Å²) < 4.78 is 14.8. The topological polar surface area (TPSA) is 140 Å². The second kappa shape index (κ2) is 13.9. The lowest BCUT2D eigenvalue weighted by atomic mass is 10.1. The summed E-state index contributed by atoms with van der Waals surface area (Å²) in [6.45, 7) is 5.98. The van der Waals surface area contributed by atoms with E-state index in [-0.39, 0.29) is 42.7 Å². The molecular weight excluding hydrogens is 590 g/mol. The first-order chi connectivity index (χ1) is 22.1. The summed E-state index contributed by atoms with van der Waals surface area (Å²) >= 11 is 0. The van der Waals surface area contributed by atoms with E-state index in [0.29, 0.717) is 71.6 Å². The summed E-state index contributed by atoms with van der Waals surface area (Å²) in [4.78, 5) is 59.7. The summed E-state index contributed by atoms with van der Waals surface area (Å²) in [7, 11) is 5.00. The number of amides is 4. The maximum Gasteiger partial charge on any atom is 0.272 e. The van der Waals surface area contributed by atoms with Gasteiger partial charge in [-0.15, -0.1) is 0 Å². The molecule has 1 saturated heterocycles. The third-order valence-electron chi connectivity index (χ3n) is 8.32. The van der Waals surface area contributed by atoms with Crippen molar-refractivity contribution in [2.24, 2.45) is 19.1 Å². The minimum Gasteiger partial charge on any atom is -0.493 e. The summed E-state index contributed by atoms with van der Waals surface area (Å²) in [6.07, 6.45) is 7.65. The number of anilines is 2. The number of hydrogen-bond donors (Lipinski definition) is 2. The van der Waals surface area contributed by atoms with Crippen LogP contribution in [-0.4, -0.2) is 88.2 Å². The minimum atomic E-state index is -0.370. The second-order valence-corrected chi connectivity index (χ2v) is 11.4. The van der Waals surface area contributed by atoms with Crippen molar-refractivity contribution in [3.05, 3.63) is 53.6 Å². The molecule has 4 amide bonds. The number of benzene rings is 1. The van der Waals surface area contributed by atoms with E-state index in [1.54, 1.807) is 64.8 Å². The van der Waals surface area contributed by atoms with E-state index < -0.39 is 0 Å². The number of nitrogens with zero attached hydrogens (tertiary/aromatic N) is 5.